The minimum atomic E-state index is -0.330. The third-order valence-corrected chi connectivity index (χ3v) is 2.26. The largest absolute Gasteiger partial charge is 0.462 e. The van der Waals surface area contributed by atoms with Crippen LogP contribution >= 0.6 is 0 Å². The van der Waals surface area contributed by atoms with E-state index < -0.39 is 0 Å². The zero-order valence-corrected chi connectivity index (χ0v) is 9.66. The second kappa shape index (κ2) is 6.05. The van der Waals surface area contributed by atoms with Crippen LogP contribution in [0.2, 0.25) is 0 Å². The number of unbranched alkanes of at least 4 members (excludes halogenated alkanes) is 1. The van der Waals surface area contributed by atoms with E-state index in [1.807, 2.05) is 6.92 Å². The first-order chi connectivity index (χ1) is 7.65. The third kappa shape index (κ3) is 3.50. The van der Waals surface area contributed by atoms with Crippen LogP contribution < -0.4 is 0 Å². The van der Waals surface area contributed by atoms with Crippen LogP contribution in [0, 0.1) is 0 Å². The van der Waals surface area contributed by atoms with E-state index in [2.05, 4.69) is 0 Å². The van der Waals surface area contributed by atoms with Gasteiger partial charge in [-0.05, 0) is 25.5 Å². The maximum atomic E-state index is 11.5. The smallest absolute Gasteiger partial charge is 0.338 e. The zero-order chi connectivity index (χ0) is 12.0. The summed E-state index contributed by atoms with van der Waals surface area (Å²) in [7, 11) is 0. The average molecular weight is 220 g/mol. The topological polar surface area (TPSA) is 43.4 Å². The van der Waals surface area contributed by atoms with E-state index in [4.69, 9.17) is 4.74 Å². The van der Waals surface area contributed by atoms with Crippen LogP contribution in [0.3, 0.4) is 0 Å². The van der Waals surface area contributed by atoms with Gasteiger partial charge in [0.05, 0.1) is 12.2 Å². The fourth-order valence-corrected chi connectivity index (χ4v) is 1.23. The summed E-state index contributed by atoms with van der Waals surface area (Å²) in [6, 6.07) is 6.51. The highest BCUT2D eigenvalue weighted by atomic mass is 16.5. The average Bonchev–Trinajstić information content (AvgIpc) is 2.29. The summed E-state index contributed by atoms with van der Waals surface area (Å²) >= 11 is 0. The van der Waals surface area contributed by atoms with Crippen LogP contribution in [0.15, 0.2) is 24.3 Å². The fourth-order valence-electron chi connectivity index (χ4n) is 1.23. The summed E-state index contributed by atoms with van der Waals surface area (Å²) in [6.07, 6.45) is 1.87. The number of carbonyl (C=O) groups excluding carboxylic acids is 2. The molecule has 3 heteroatoms. The fraction of sp³-hybridized carbons (Fsp3) is 0.385. The van der Waals surface area contributed by atoms with Crippen LogP contribution in [0.4, 0.5) is 0 Å². The van der Waals surface area contributed by atoms with Crippen molar-refractivity contribution in [1.82, 2.24) is 0 Å². The number of hydrogen-bond acceptors (Lipinski definition) is 3. The molecule has 1 aromatic rings. The summed E-state index contributed by atoms with van der Waals surface area (Å²) in [6.45, 7) is 3.98. The minimum Gasteiger partial charge on any atom is -0.462 e. The molecule has 0 bridgehead atoms. The van der Waals surface area contributed by atoms with Crippen molar-refractivity contribution in [2.24, 2.45) is 0 Å². The molecule has 0 aliphatic carbocycles. The Morgan fingerprint density at radius 2 is 1.69 bits per heavy atom. The van der Waals surface area contributed by atoms with Gasteiger partial charge in [0.2, 0.25) is 0 Å². The van der Waals surface area contributed by atoms with E-state index in [1.54, 1.807) is 24.3 Å². The molecular formula is C13H16O3. The molecule has 1 rings (SSSR count). The van der Waals surface area contributed by atoms with E-state index >= 15 is 0 Å². The van der Waals surface area contributed by atoms with Gasteiger partial charge in [0.1, 0.15) is 0 Å². The first-order valence-corrected chi connectivity index (χ1v) is 5.43. The predicted molar refractivity (Wildman–Crippen MR) is 61.6 cm³/mol. The van der Waals surface area contributed by atoms with Crippen molar-refractivity contribution in [3.63, 3.8) is 0 Å². The lowest BCUT2D eigenvalue weighted by molar-refractivity contribution is 0.0499. The molecule has 0 radical (unpaired) electrons. The van der Waals surface area contributed by atoms with Crippen molar-refractivity contribution in [2.45, 2.75) is 26.7 Å². The second-order valence-electron chi connectivity index (χ2n) is 3.62. The number of hydrogen-bond donors (Lipinski definition) is 0. The molecule has 0 saturated heterocycles. The Bertz CT molecular complexity index is 365. The Balaban J connectivity index is 2.59. The number of ether oxygens (including phenoxy) is 1. The molecule has 0 amide bonds. The molecule has 1 aromatic carbocycles. The number of benzene rings is 1. The number of Topliss-reactive ketones (excluding diaryl/α,β-unsaturated/α-hetero) is 1. The van der Waals surface area contributed by atoms with E-state index in [0.29, 0.717) is 17.7 Å². The highest BCUT2D eigenvalue weighted by molar-refractivity contribution is 5.96. The molecule has 0 heterocycles. The maximum absolute atomic E-state index is 11.5. The summed E-state index contributed by atoms with van der Waals surface area (Å²) in [5.41, 5.74) is 1.09. The quantitative estimate of drug-likeness (QED) is 0.435. The monoisotopic (exact) mass is 220 g/mol. The van der Waals surface area contributed by atoms with Gasteiger partial charge in [0, 0.05) is 5.56 Å². The lowest BCUT2D eigenvalue weighted by Crippen LogP contribution is -2.06. The van der Waals surface area contributed by atoms with Crippen LogP contribution in [0.25, 0.3) is 0 Å². The van der Waals surface area contributed by atoms with E-state index in [-0.39, 0.29) is 11.8 Å². The molecule has 0 N–H and O–H groups in total. The number of rotatable bonds is 5. The first kappa shape index (κ1) is 12.4. The SMILES string of the molecule is CCCCOC(=O)c1ccc(C(C)=O)cc1. The molecule has 0 spiro atoms. The predicted octanol–water partition coefficient (Wildman–Crippen LogP) is 2.85. The molecule has 0 unspecified atom stereocenters. The molecule has 0 aliphatic heterocycles. The molecule has 0 aromatic heterocycles. The van der Waals surface area contributed by atoms with E-state index in [9.17, 15) is 9.59 Å². The number of esters is 1. The Hall–Kier alpha value is -1.64. The summed E-state index contributed by atoms with van der Waals surface area (Å²) in [5, 5.41) is 0. The molecule has 16 heavy (non-hydrogen) atoms. The molecule has 0 fully saturated rings. The van der Waals surface area contributed by atoms with Crippen molar-refractivity contribution < 1.29 is 14.3 Å². The Morgan fingerprint density at radius 1 is 1.12 bits per heavy atom. The summed E-state index contributed by atoms with van der Waals surface area (Å²) in [5.74, 6) is -0.338. The van der Waals surface area contributed by atoms with E-state index in [0.717, 1.165) is 12.8 Å². The van der Waals surface area contributed by atoms with Gasteiger partial charge in [-0.15, -0.1) is 0 Å². The lowest BCUT2D eigenvalue weighted by atomic mass is 10.1. The maximum Gasteiger partial charge on any atom is 0.338 e. The standard InChI is InChI=1S/C13H16O3/c1-3-4-9-16-13(15)12-7-5-11(6-8-12)10(2)14/h5-8H,3-4,9H2,1-2H3. The Morgan fingerprint density at radius 3 is 2.19 bits per heavy atom. The van der Waals surface area contributed by atoms with Crippen molar-refractivity contribution in [3.8, 4) is 0 Å². The Labute approximate surface area is 95.4 Å². The molecule has 86 valence electrons. The van der Waals surface area contributed by atoms with Crippen molar-refractivity contribution in [2.75, 3.05) is 6.61 Å². The molecule has 0 atom stereocenters. The van der Waals surface area contributed by atoms with Gasteiger partial charge in [0.25, 0.3) is 0 Å². The summed E-state index contributed by atoms with van der Waals surface area (Å²) in [4.78, 5) is 22.5. The lowest BCUT2D eigenvalue weighted by Gasteiger charge is -2.04. The van der Waals surface area contributed by atoms with Crippen molar-refractivity contribution in [1.29, 1.82) is 0 Å². The number of carbonyl (C=O) groups is 2. The van der Waals surface area contributed by atoms with Gasteiger partial charge >= 0.3 is 5.97 Å². The van der Waals surface area contributed by atoms with Crippen LogP contribution in [0.1, 0.15) is 47.4 Å². The third-order valence-electron chi connectivity index (χ3n) is 2.26. The van der Waals surface area contributed by atoms with Crippen molar-refractivity contribution in [3.05, 3.63) is 35.4 Å². The van der Waals surface area contributed by atoms with Gasteiger partial charge in [-0.2, -0.15) is 0 Å². The number of ketones is 1. The van der Waals surface area contributed by atoms with Gasteiger partial charge in [-0.1, -0.05) is 25.5 Å². The van der Waals surface area contributed by atoms with Crippen LogP contribution in [-0.2, 0) is 4.74 Å². The van der Waals surface area contributed by atoms with E-state index in [1.165, 1.54) is 6.92 Å². The highest BCUT2D eigenvalue weighted by Gasteiger charge is 2.07. The van der Waals surface area contributed by atoms with Gasteiger partial charge in [0.15, 0.2) is 5.78 Å². The molecule has 3 nitrogen and oxygen atoms in total. The first-order valence-electron chi connectivity index (χ1n) is 5.43. The van der Waals surface area contributed by atoms with Gasteiger partial charge in [-0.3, -0.25) is 4.79 Å². The normalized spacial score (nSPS) is 9.88. The molecule has 0 saturated carbocycles. The van der Waals surface area contributed by atoms with Gasteiger partial charge < -0.3 is 4.74 Å². The van der Waals surface area contributed by atoms with Crippen molar-refractivity contribution >= 4 is 11.8 Å². The van der Waals surface area contributed by atoms with Crippen LogP contribution in [-0.4, -0.2) is 18.4 Å². The van der Waals surface area contributed by atoms with Crippen LogP contribution in [0.5, 0.6) is 0 Å². The second-order valence-corrected chi connectivity index (χ2v) is 3.62. The molecular weight excluding hydrogens is 204 g/mol. The zero-order valence-electron chi connectivity index (χ0n) is 9.66. The molecule has 0 aliphatic rings. The van der Waals surface area contributed by atoms with Gasteiger partial charge in [-0.25, -0.2) is 4.79 Å². The highest BCUT2D eigenvalue weighted by Crippen LogP contribution is 2.07. The Kier molecular flexibility index (Phi) is 4.70. The minimum absolute atomic E-state index is 0.00843. The summed E-state index contributed by atoms with van der Waals surface area (Å²) < 4.78 is 5.04.